The highest BCUT2D eigenvalue weighted by molar-refractivity contribution is 5.94. The Morgan fingerprint density at radius 1 is 0.889 bits per heavy atom. The summed E-state index contributed by atoms with van der Waals surface area (Å²) in [5.74, 6) is -0.0697. The summed E-state index contributed by atoms with van der Waals surface area (Å²) in [5.41, 5.74) is 2.40. The molecule has 0 radical (unpaired) electrons. The molecule has 0 fully saturated rings. The maximum Gasteiger partial charge on any atom is 0.328 e. The van der Waals surface area contributed by atoms with Crippen molar-refractivity contribution in [3.05, 3.63) is 71.3 Å². The van der Waals surface area contributed by atoms with Crippen LogP contribution < -0.4 is 10.1 Å². The molecule has 2 atom stereocenters. The van der Waals surface area contributed by atoms with Gasteiger partial charge in [-0.15, -0.1) is 0 Å². The second-order valence-electron chi connectivity index (χ2n) is 9.52. The number of hydrogen-bond acceptors (Lipinski definition) is 3. The molecule has 2 unspecified atom stereocenters. The van der Waals surface area contributed by atoms with Crippen molar-refractivity contribution in [1.29, 1.82) is 0 Å². The van der Waals surface area contributed by atoms with Crippen molar-refractivity contribution in [2.24, 2.45) is 5.92 Å². The van der Waals surface area contributed by atoms with Gasteiger partial charge in [0.25, 0.3) is 5.91 Å². The molecule has 0 aliphatic heterocycles. The highest BCUT2D eigenvalue weighted by Crippen LogP contribution is 2.26. The van der Waals surface area contributed by atoms with Gasteiger partial charge in [-0.05, 0) is 53.8 Å². The fraction of sp³-hybridized carbons (Fsp3) is 0.484. The van der Waals surface area contributed by atoms with Crippen molar-refractivity contribution in [3.63, 3.8) is 0 Å². The number of carboxylic acids is 1. The van der Waals surface area contributed by atoms with E-state index < -0.39 is 5.97 Å². The minimum absolute atomic E-state index is 0.121. The van der Waals surface area contributed by atoms with E-state index in [1.54, 1.807) is 6.08 Å². The zero-order valence-electron chi connectivity index (χ0n) is 22.2. The third kappa shape index (κ3) is 10.7. The first-order valence-electron chi connectivity index (χ1n) is 13.5. The van der Waals surface area contributed by atoms with E-state index in [9.17, 15) is 9.59 Å². The molecule has 0 heterocycles. The third-order valence-corrected chi connectivity index (χ3v) is 6.60. The molecule has 2 rings (SSSR count). The number of amides is 1. The van der Waals surface area contributed by atoms with E-state index in [0.717, 1.165) is 35.8 Å². The monoisotopic (exact) mass is 493 g/mol. The molecule has 1 amide bonds. The Hall–Kier alpha value is -3.08. The van der Waals surface area contributed by atoms with Gasteiger partial charge in [-0.3, -0.25) is 4.79 Å². The van der Waals surface area contributed by atoms with Crippen molar-refractivity contribution in [2.75, 3.05) is 6.61 Å². The lowest BCUT2D eigenvalue weighted by Gasteiger charge is -2.25. The van der Waals surface area contributed by atoms with Gasteiger partial charge in [0.1, 0.15) is 5.75 Å². The van der Waals surface area contributed by atoms with E-state index in [1.165, 1.54) is 44.9 Å². The highest BCUT2D eigenvalue weighted by Gasteiger charge is 2.21. The maximum atomic E-state index is 13.0. The number of carbonyl (C=O) groups excluding carboxylic acids is 1. The number of rotatable bonds is 17. The molecule has 0 aromatic heterocycles. The highest BCUT2D eigenvalue weighted by atomic mass is 16.5. The van der Waals surface area contributed by atoms with Gasteiger partial charge in [0, 0.05) is 11.6 Å². The Kier molecular flexibility index (Phi) is 13.4. The van der Waals surface area contributed by atoms with Crippen molar-refractivity contribution in [1.82, 2.24) is 5.32 Å². The molecule has 5 heteroatoms. The van der Waals surface area contributed by atoms with Crippen LogP contribution in [0.15, 0.2) is 54.6 Å². The van der Waals surface area contributed by atoms with Crippen LogP contribution in [0.3, 0.4) is 0 Å². The minimum Gasteiger partial charge on any atom is -0.494 e. The second-order valence-corrected chi connectivity index (χ2v) is 9.52. The number of unbranched alkanes of at least 4 members (excludes halogenated alkanes) is 7. The molecule has 0 saturated heterocycles. The van der Waals surface area contributed by atoms with E-state index in [0.29, 0.717) is 12.2 Å². The van der Waals surface area contributed by atoms with Crippen LogP contribution >= 0.6 is 0 Å². The zero-order valence-corrected chi connectivity index (χ0v) is 22.2. The molecular weight excluding hydrogens is 450 g/mol. The van der Waals surface area contributed by atoms with Gasteiger partial charge < -0.3 is 15.2 Å². The van der Waals surface area contributed by atoms with E-state index >= 15 is 0 Å². The van der Waals surface area contributed by atoms with E-state index in [2.05, 4.69) is 26.1 Å². The Labute approximate surface area is 217 Å². The van der Waals surface area contributed by atoms with Gasteiger partial charge in [0.2, 0.25) is 0 Å². The van der Waals surface area contributed by atoms with Crippen LogP contribution in [-0.2, 0) is 4.79 Å². The molecule has 5 nitrogen and oxygen atoms in total. The van der Waals surface area contributed by atoms with Gasteiger partial charge in [-0.1, -0.05) is 96.4 Å². The van der Waals surface area contributed by atoms with Crippen LogP contribution in [0.25, 0.3) is 6.08 Å². The van der Waals surface area contributed by atoms with E-state index in [4.69, 9.17) is 9.84 Å². The summed E-state index contributed by atoms with van der Waals surface area (Å²) in [6, 6.07) is 14.8. The molecule has 0 saturated carbocycles. The summed E-state index contributed by atoms with van der Waals surface area (Å²) in [6.45, 7) is 7.17. The Morgan fingerprint density at radius 2 is 1.50 bits per heavy atom. The molecular formula is C31H43NO4. The largest absolute Gasteiger partial charge is 0.494 e. The van der Waals surface area contributed by atoms with Crippen LogP contribution in [0, 0.1) is 5.92 Å². The van der Waals surface area contributed by atoms with Gasteiger partial charge in [0.15, 0.2) is 0 Å². The first kappa shape index (κ1) is 29.2. The predicted molar refractivity (Wildman–Crippen MR) is 147 cm³/mol. The fourth-order valence-corrected chi connectivity index (χ4v) is 4.12. The number of carboxylic acid groups (broad SMARTS) is 1. The number of hydrogen-bond donors (Lipinski definition) is 2. The number of benzene rings is 2. The number of aliphatic carboxylic acids is 1. The molecule has 0 bridgehead atoms. The fourth-order valence-electron chi connectivity index (χ4n) is 4.12. The molecule has 0 aliphatic carbocycles. The molecule has 0 aliphatic rings. The lowest BCUT2D eigenvalue weighted by atomic mass is 9.91. The summed E-state index contributed by atoms with van der Waals surface area (Å²) in [7, 11) is 0. The first-order valence-corrected chi connectivity index (χ1v) is 13.5. The number of ether oxygens (including phenoxy) is 1. The number of carbonyl (C=O) groups is 2. The van der Waals surface area contributed by atoms with Gasteiger partial charge in [0.05, 0.1) is 12.6 Å². The zero-order chi connectivity index (χ0) is 26.2. The Bertz CT molecular complexity index is 934. The summed E-state index contributed by atoms with van der Waals surface area (Å²) >= 11 is 0. The second kappa shape index (κ2) is 16.6. The molecule has 196 valence electrons. The molecule has 2 aromatic carbocycles. The summed E-state index contributed by atoms with van der Waals surface area (Å²) in [4.78, 5) is 23.7. The molecule has 2 N–H and O–H groups in total. The van der Waals surface area contributed by atoms with E-state index in [-0.39, 0.29) is 17.9 Å². The maximum absolute atomic E-state index is 13.0. The summed E-state index contributed by atoms with van der Waals surface area (Å²) < 4.78 is 5.86. The molecule has 0 spiro atoms. The van der Waals surface area contributed by atoms with Crippen LogP contribution in [0.4, 0.5) is 0 Å². The van der Waals surface area contributed by atoms with Crippen LogP contribution in [0.2, 0.25) is 0 Å². The third-order valence-electron chi connectivity index (χ3n) is 6.60. The SMILES string of the molecule is CCCCCCCCCCOc1ccc(C(=O)NC(c2ccc(C=CC(=O)O)cc2)C(C)CC)cc1. The minimum atomic E-state index is -0.978. The van der Waals surface area contributed by atoms with Crippen LogP contribution in [0.5, 0.6) is 5.75 Å². The van der Waals surface area contributed by atoms with Gasteiger partial charge in [-0.25, -0.2) is 4.79 Å². The normalized spacial score (nSPS) is 12.9. The molecule has 36 heavy (non-hydrogen) atoms. The van der Waals surface area contributed by atoms with Crippen molar-refractivity contribution < 1.29 is 19.4 Å². The lowest BCUT2D eigenvalue weighted by Crippen LogP contribution is -2.32. The lowest BCUT2D eigenvalue weighted by molar-refractivity contribution is -0.131. The predicted octanol–water partition coefficient (Wildman–Crippen LogP) is 7.82. The van der Waals surface area contributed by atoms with Crippen LogP contribution in [-0.4, -0.2) is 23.6 Å². The van der Waals surface area contributed by atoms with Crippen molar-refractivity contribution in [3.8, 4) is 5.75 Å². The summed E-state index contributed by atoms with van der Waals surface area (Å²) in [5, 5.41) is 12.0. The average Bonchev–Trinajstić information content (AvgIpc) is 2.89. The standard InChI is InChI=1S/C31H43NO4/c1-4-6-7-8-9-10-11-12-23-36-28-20-18-27(19-21-28)31(35)32-30(24(3)5-2)26-16-13-25(14-17-26)15-22-29(33)34/h13-22,24,30H,4-12,23H2,1-3H3,(H,32,35)(H,33,34). The van der Waals surface area contributed by atoms with Crippen molar-refractivity contribution in [2.45, 2.75) is 84.6 Å². The smallest absolute Gasteiger partial charge is 0.328 e. The topological polar surface area (TPSA) is 75.6 Å². The Balaban J connectivity index is 1.86. The average molecular weight is 494 g/mol. The van der Waals surface area contributed by atoms with Crippen molar-refractivity contribution >= 4 is 18.0 Å². The first-order chi connectivity index (χ1) is 17.4. The van der Waals surface area contributed by atoms with E-state index in [1.807, 2.05) is 48.5 Å². The quantitative estimate of drug-likeness (QED) is 0.174. The molecule has 2 aromatic rings. The summed E-state index contributed by atoms with van der Waals surface area (Å²) in [6.07, 6.45) is 13.7. The Morgan fingerprint density at radius 3 is 2.08 bits per heavy atom. The number of nitrogens with one attached hydrogen (secondary N) is 1. The van der Waals surface area contributed by atoms with Gasteiger partial charge in [-0.2, -0.15) is 0 Å². The van der Waals surface area contributed by atoms with Crippen LogP contribution in [0.1, 0.15) is 106 Å². The van der Waals surface area contributed by atoms with Gasteiger partial charge >= 0.3 is 5.97 Å².